The fourth-order valence-electron chi connectivity index (χ4n) is 2.19. The summed E-state index contributed by atoms with van der Waals surface area (Å²) in [6, 6.07) is 0.232. The SMILES string of the molecule is CCO[C@H]1O[C@@H](C)[C@H](N(C)C)C[C@@H]1OC(C)=O. The van der Waals surface area contributed by atoms with Gasteiger partial charge < -0.3 is 19.1 Å². The number of nitrogens with zero attached hydrogens (tertiary/aromatic N) is 1. The van der Waals surface area contributed by atoms with Crippen molar-refractivity contribution in [2.45, 2.75) is 51.7 Å². The molecular weight excluding hydrogens is 222 g/mol. The fraction of sp³-hybridized carbons (Fsp3) is 0.917. The second-order valence-corrected chi connectivity index (χ2v) is 4.58. The van der Waals surface area contributed by atoms with E-state index in [0.717, 1.165) is 6.42 Å². The molecule has 0 spiro atoms. The first-order valence-corrected chi connectivity index (χ1v) is 6.06. The van der Waals surface area contributed by atoms with Gasteiger partial charge in [0.05, 0.1) is 6.10 Å². The lowest BCUT2D eigenvalue weighted by molar-refractivity contribution is -0.255. The summed E-state index contributed by atoms with van der Waals surface area (Å²) in [5.41, 5.74) is 0. The summed E-state index contributed by atoms with van der Waals surface area (Å²) in [5.74, 6) is -0.296. The van der Waals surface area contributed by atoms with Crippen LogP contribution in [0.25, 0.3) is 0 Å². The third-order valence-electron chi connectivity index (χ3n) is 2.98. The Balaban J connectivity index is 2.69. The second kappa shape index (κ2) is 6.33. The van der Waals surface area contributed by atoms with E-state index in [1.165, 1.54) is 6.92 Å². The van der Waals surface area contributed by atoms with Crippen molar-refractivity contribution in [3.8, 4) is 0 Å². The van der Waals surface area contributed by atoms with Crippen molar-refractivity contribution in [2.75, 3.05) is 20.7 Å². The highest BCUT2D eigenvalue weighted by Gasteiger charge is 2.39. The largest absolute Gasteiger partial charge is 0.457 e. The number of carbonyl (C=O) groups excluding carboxylic acids is 1. The van der Waals surface area contributed by atoms with Crippen LogP contribution >= 0.6 is 0 Å². The van der Waals surface area contributed by atoms with Crippen LogP contribution in [0, 0.1) is 0 Å². The maximum absolute atomic E-state index is 11.1. The molecule has 0 aromatic rings. The molecule has 17 heavy (non-hydrogen) atoms. The summed E-state index contributed by atoms with van der Waals surface area (Å²) in [7, 11) is 3.99. The molecule has 1 rings (SSSR count). The zero-order valence-electron chi connectivity index (χ0n) is 11.3. The average molecular weight is 245 g/mol. The third kappa shape index (κ3) is 3.94. The Morgan fingerprint density at radius 3 is 2.59 bits per heavy atom. The highest BCUT2D eigenvalue weighted by atomic mass is 16.7. The van der Waals surface area contributed by atoms with Gasteiger partial charge in [0.2, 0.25) is 0 Å². The maximum Gasteiger partial charge on any atom is 0.303 e. The Kier molecular flexibility index (Phi) is 5.36. The van der Waals surface area contributed by atoms with Crippen molar-refractivity contribution in [1.82, 2.24) is 4.90 Å². The third-order valence-corrected chi connectivity index (χ3v) is 2.98. The molecule has 0 aromatic carbocycles. The quantitative estimate of drug-likeness (QED) is 0.692. The Bertz CT molecular complexity index is 257. The minimum Gasteiger partial charge on any atom is -0.457 e. The van der Waals surface area contributed by atoms with Crippen molar-refractivity contribution in [1.29, 1.82) is 0 Å². The Hall–Kier alpha value is -0.650. The van der Waals surface area contributed by atoms with Gasteiger partial charge in [-0.2, -0.15) is 0 Å². The Morgan fingerprint density at radius 2 is 2.12 bits per heavy atom. The number of carbonyl (C=O) groups is 1. The van der Waals surface area contributed by atoms with E-state index >= 15 is 0 Å². The van der Waals surface area contributed by atoms with Crippen molar-refractivity contribution >= 4 is 5.97 Å². The zero-order valence-corrected chi connectivity index (χ0v) is 11.3. The fourth-order valence-corrected chi connectivity index (χ4v) is 2.19. The summed E-state index contributed by atoms with van der Waals surface area (Å²) >= 11 is 0. The number of hydrogen-bond acceptors (Lipinski definition) is 5. The first-order chi connectivity index (χ1) is 7.95. The zero-order chi connectivity index (χ0) is 13.0. The minimum absolute atomic E-state index is 0.0633. The number of hydrogen-bond donors (Lipinski definition) is 0. The van der Waals surface area contributed by atoms with Crippen LogP contribution in [-0.4, -0.2) is 56.1 Å². The molecule has 1 fully saturated rings. The van der Waals surface area contributed by atoms with Crippen molar-refractivity contribution in [3.63, 3.8) is 0 Å². The second-order valence-electron chi connectivity index (χ2n) is 4.58. The molecule has 5 heteroatoms. The molecule has 0 radical (unpaired) electrons. The van der Waals surface area contributed by atoms with Gasteiger partial charge in [0.1, 0.15) is 0 Å². The van der Waals surface area contributed by atoms with Gasteiger partial charge in [0.25, 0.3) is 0 Å². The van der Waals surface area contributed by atoms with Gasteiger partial charge in [0.15, 0.2) is 12.4 Å². The normalized spacial score (nSPS) is 33.8. The van der Waals surface area contributed by atoms with E-state index in [1.54, 1.807) is 0 Å². The molecule has 0 bridgehead atoms. The van der Waals surface area contributed by atoms with Crippen LogP contribution < -0.4 is 0 Å². The van der Waals surface area contributed by atoms with Gasteiger partial charge in [-0.05, 0) is 27.9 Å². The Morgan fingerprint density at radius 1 is 1.47 bits per heavy atom. The van der Waals surface area contributed by atoms with Gasteiger partial charge >= 0.3 is 5.97 Å². The van der Waals surface area contributed by atoms with Crippen LogP contribution in [0.1, 0.15) is 27.2 Å². The first kappa shape index (κ1) is 14.4. The number of ether oxygens (including phenoxy) is 3. The molecule has 0 unspecified atom stereocenters. The highest BCUT2D eigenvalue weighted by Crippen LogP contribution is 2.26. The van der Waals surface area contributed by atoms with E-state index < -0.39 is 6.29 Å². The van der Waals surface area contributed by atoms with E-state index in [0.29, 0.717) is 6.61 Å². The van der Waals surface area contributed by atoms with E-state index in [2.05, 4.69) is 4.90 Å². The van der Waals surface area contributed by atoms with E-state index in [-0.39, 0.29) is 24.2 Å². The minimum atomic E-state index is -0.449. The Labute approximate surface area is 103 Å². The molecule has 0 aromatic heterocycles. The van der Waals surface area contributed by atoms with Gasteiger partial charge in [0, 0.05) is 26.0 Å². The summed E-state index contributed by atoms with van der Waals surface area (Å²) in [6.07, 6.45) is 0.0257. The van der Waals surface area contributed by atoms with Crippen LogP contribution in [-0.2, 0) is 19.0 Å². The number of esters is 1. The molecule has 0 saturated carbocycles. The molecule has 0 aliphatic carbocycles. The lowest BCUT2D eigenvalue weighted by atomic mass is 9.99. The van der Waals surface area contributed by atoms with Crippen LogP contribution in [0.15, 0.2) is 0 Å². The lowest BCUT2D eigenvalue weighted by Gasteiger charge is -2.41. The van der Waals surface area contributed by atoms with Crippen molar-refractivity contribution in [2.24, 2.45) is 0 Å². The molecule has 1 aliphatic rings. The van der Waals surface area contributed by atoms with Crippen LogP contribution in [0.4, 0.5) is 0 Å². The smallest absolute Gasteiger partial charge is 0.303 e. The predicted molar refractivity (Wildman–Crippen MR) is 63.6 cm³/mol. The van der Waals surface area contributed by atoms with E-state index in [4.69, 9.17) is 14.2 Å². The van der Waals surface area contributed by atoms with Crippen LogP contribution in [0.2, 0.25) is 0 Å². The molecule has 1 aliphatic heterocycles. The van der Waals surface area contributed by atoms with Crippen molar-refractivity contribution in [3.05, 3.63) is 0 Å². The van der Waals surface area contributed by atoms with Gasteiger partial charge in [-0.3, -0.25) is 4.79 Å². The molecule has 1 saturated heterocycles. The number of rotatable bonds is 4. The van der Waals surface area contributed by atoms with Gasteiger partial charge in [-0.1, -0.05) is 0 Å². The highest BCUT2D eigenvalue weighted by molar-refractivity contribution is 5.66. The standard InChI is InChI=1S/C12H23NO4/c1-6-15-12-11(17-9(3)14)7-10(13(4)5)8(2)16-12/h8,10-12H,6-7H2,1-5H3/t8-,10+,11-,12-/m0/s1. The molecule has 0 N–H and O–H groups in total. The summed E-state index contributed by atoms with van der Waals surface area (Å²) < 4.78 is 16.5. The molecule has 0 amide bonds. The van der Waals surface area contributed by atoms with Crippen LogP contribution in [0.5, 0.6) is 0 Å². The first-order valence-electron chi connectivity index (χ1n) is 6.06. The van der Waals surface area contributed by atoms with Gasteiger partial charge in [-0.25, -0.2) is 0 Å². The molecule has 100 valence electrons. The lowest BCUT2D eigenvalue weighted by Crippen LogP contribution is -2.53. The summed E-state index contributed by atoms with van der Waals surface area (Å²) in [6.45, 7) is 5.87. The van der Waals surface area contributed by atoms with E-state index in [1.807, 2.05) is 27.9 Å². The van der Waals surface area contributed by atoms with Gasteiger partial charge in [-0.15, -0.1) is 0 Å². The monoisotopic (exact) mass is 245 g/mol. The number of likely N-dealkylation sites (N-methyl/N-ethyl adjacent to an activating group) is 1. The molecule has 4 atom stereocenters. The molecule has 1 heterocycles. The molecular formula is C12H23NO4. The maximum atomic E-state index is 11.1. The predicted octanol–water partition coefficient (Wildman–Crippen LogP) is 1.02. The van der Waals surface area contributed by atoms with Crippen LogP contribution in [0.3, 0.4) is 0 Å². The van der Waals surface area contributed by atoms with E-state index in [9.17, 15) is 4.79 Å². The summed E-state index contributed by atoms with van der Waals surface area (Å²) in [4.78, 5) is 13.2. The van der Waals surface area contributed by atoms with Crippen molar-refractivity contribution < 1.29 is 19.0 Å². The summed E-state index contributed by atoms with van der Waals surface area (Å²) in [5, 5.41) is 0. The molecule has 5 nitrogen and oxygen atoms in total. The topological polar surface area (TPSA) is 48.0 Å². The average Bonchev–Trinajstić information content (AvgIpc) is 2.21.